The van der Waals surface area contributed by atoms with Crippen molar-refractivity contribution in [3.05, 3.63) is 108 Å². The van der Waals surface area contributed by atoms with Crippen LogP contribution in [0.25, 0.3) is 0 Å². The summed E-state index contributed by atoms with van der Waals surface area (Å²) in [7, 11) is 0. The molecule has 160 valence electrons. The van der Waals surface area contributed by atoms with E-state index in [0.29, 0.717) is 6.54 Å². The zero-order valence-electron chi connectivity index (χ0n) is 18.1. The Labute approximate surface area is 184 Å². The summed E-state index contributed by atoms with van der Waals surface area (Å²) in [6.07, 6.45) is 0.258. The van der Waals surface area contributed by atoms with Crippen LogP contribution in [-0.4, -0.2) is 24.4 Å². The van der Waals surface area contributed by atoms with E-state index < -0.39 is 6.04 Å². The summed E-state index contributed by atoms with van der Waals surface area (Å²) < 4.78 is 0. The van der Waals surface area contributed by atoms with Gasteiger partial charge < -0.3 is 10.6 Å². The Morgan fingerprint density at radius 3 is 1.71 bits per heavy atom. The Kier molecular flexibility index (Phi) is 7.99. The average Bonchev–Trinajstić information content (AvgIpc) is 2.79. The Balaban J connectivity index is 1.67. The van der Waals surface area contributed by atoms with Crippen molar-refractivity contribution in [1.29, 1.82) is 0 Å². The number of hydrogen-bond acceptors (Lipinski definition) is 2. The molecule has 3 aromatic carbocycles. The second-order valence-corrected chi connectivity index (χ2v) is 8.07. The Bertz CT molecular complexity index is 917. The number of carbonyl (C=O) groups excluding carboxylic acids is 2. The number of carbonyl (C=O) groups is 2. The molecule has 2 amide bonds. The van der Waals surface area contributed by atoms with Crippen LogP contribution in [0.2, 0.25) is 0 Å². The summed E-state index contributed by atoms with van der Waals surface area (Å²) in [5.41, 5.74) is 3.21. The van der Waals surface area contributed by atoms with Crippen LogP contribution in [0.15, 0.2) is 91.0 Å². The largest absolute Gasteiger partial charge is 0.353 e. The van der Waals surface area contributed by atoms with Gasteiger partial charge in [-0.05, 0) is 22.6 Å². The maximum Gasteiger partial charge on any atom is 0.242 e. The van der Waals surface area contributed by atoms with E-state index in [1.54, 1.807) is 0 Å². The zero-order valence-corrected chi connectivity index (χ0v) is 18.1. The molecule has 2 N–H and O–H groups in total. The van der Waals surface area contributed by atoms with Gasteiger partial charge in [-0.25, -0.2) is 0 Å². The highest BCUT2D eigenvalue weighted by Crippen LogP contribution is 2.23. The van der Waals surface area contributed by atoms with Crippen molar-refractivity contribution in [1.82, 2.24) is 10.6 Å². The number of nitrogens with one attached hydrogen (secondary N) is 2. The van der Waals surface area contributed by atoms with Crippen LogP contribution in [0.4, 0.5) is 0 Å². The molecule has 0 bridgehead atoms. The van der Waals surface area contributed by atoms with E-state index in [9.17, 15) is 9.59 Å². The lowest BCUT2D eigenvalue weighted by Crippen LogP contribution is -2.50. The highest BCUT2D eigenvalue weighted by atomic mass is 16.2. The molecule has 31 heavy (non-hydrogen) atoms. The molecule has 0 aromatic heterocycles. The molecule has 0 aliphatic heterocycles. The second kappa shape index (κ2) is 11.1. The van der Waals surface area contributed by atoms with E-state index >= 15 is 0 Å². The fourth-order valence-corrected chi connectivity index (χ4v) is 3.65. The normalized spacial score (nSPS) is 11.9. The molecule has 4 heteroatoms. The molecule has 1 unspecified atom stereocenters. The van der Waals surface area contributed by atoms with Crippen LogP contribution in [0.3, 0.4) is 0 Å². The molecule has 0 aliphatic rings. The first-order valence-electron chi connectivity index (χ1n) is 10.8. The van der Waals surface area contributed by atoms with Crippen molar-refractivity contribution in [2.24, 2.45) is 5.92 Å². The molecular weight excluding hydrogens is 384 g/mol. The summed E-state index contributed by atoms with van der Waals surface area (Å²) in [5.74, 6) is -0.290. The average molecular weight is 415 g/mol. The van der Waals surface area contributed by atoms with E-state index in [1.807, 2.05) is 80.6 Å². The summed E-state index contributed by atoms with van der Waals surface area (Å²) in [5, 5.41) is 5.99. The van der Waals surface area contributed by atoms with Gasteiger partial charge in [0.05, 0.1) is 6.42 Å². The van der Waals surface area contributed by atoms with Gasteiger partial charge in [-0.15, -0.1) is 0 Å². The van der Waals surface area contributed by atoms with Crippen LogP contribution in [0, 0.1) is 5.92 Å². The molecule has 3 aromatic rings. The standard InChI is InChI=1S/C27H30N2O2/c1-20(2)26(29-25(30)18-21-12-6-3-7-13-21)27(31)28-19-24(22-14-8-4-9-15-22)23-16-10-5-11-17-23/h3-17,20,24,26H,18-19H2,1-2H3,(H,28,31)(H,29,30). The third-order valence-corrected chi connectivity index (χ3v) is 5.36. The molecule has 0 aliphatic carbocycles. The highest BCUT2D eigenvalue weighted by Gasteiger charge is 2.25. The van der Waals surface area contributed by atoms with Gasteiger partial charge >= 0.3 is 0 Å². The van der Waals surface area contributed by atoms with Crippen LogP contribution in [0.1, 0.15) is 36.5 Å². The summed E-state index contributed by atoms with van der Waals surface area (Å²) in [6, 6.07) is 29.3. The third-order valence-electron chi connectivity index (χ3n) is 5.36. The number of hydrogen-bond donors (Lipinski definition) is 2. The number of rotatable bonds is 9. The number of benzene rings is 3. The molecule has 0 radical (unpaired) electrons. The van der Waals surface area contributed by atoms with Crippen LogP contribution in [-0.2, 0) is 16.0 Å². The minimum absolute atomic E-state index is 0.0216. The predicted octanol–water partition coefficient (Wildman–Crippen LogP) is 4.32. The summed E-state index contributed by atoms with van der Waals surface area (Å²) in [4.78, 5) is 25.5. The van der Waals surface area contributed by atoms with Gasteiger partial charge in [0.2, 0.25) is 11.8 Å². The van der Waals surface area contributed by atoms with E-state index in [1.165, 1.54) is 0 Å². The molecule has 4 nitrogen and oxygen atoms in total. The van der Waals surface area contributed by atoms with Crippen LogP contribution >= 0.6 is 0 Å². The lowest BCUT2D eigenvalue weighted by molar-refractivity contribution is -0.129. The summed E-state index contributed by atoms with van der Waals surface area (Å²) in [6.45, 7) is 4.35. The third kappa shape index (κ3) is 6.54. The van der Waals surface area contributed by atoms with Crippen molar-refractivity contribution in [2.75, 3.05) is 6.54 Å². The van der Waals surface area contributed by atoms with Gasteiger partial charge in [-0.1, -0.05) is 105 Å². The smallest absolute Gasteiger partial charge is 0.242 e. The quantitative estimate of drug-likeness (QED) is 0.548. The fourth-order valence-electron chi connectivity index (χ4n) is 3.65. The first kappa shape index (κ1) is 22.3. The van der Waals surface area contributed by atoms with Gasteiger partial charge in [0.25, 0.3) is 0 Å². The van der Waals surface area contributed by atoms with Crippen molar-refractivity contribution >= 4 is 11.8 Å². The molecule has 0 saturated carbocycles. The van der Waals surface area contributed by atoms with Crippen molar-refractivity contribution in [2.45, 2.75) is 32.2 Å². The van der Waals surface area contributed by atoms with E-state index in [2.05, 4.69) is 34.9 Å². The minimum Gasteiger partial charge on any atom is -0.353 e. The van der Waals surface area contributed by atoms with Gasteiger partial charge in [-0.3, -0.25) is 9.59 Å². The van der Waals surface area contributed by atoms with Gasteiger partial charge in [0, 0.05) is 12.5 Å². The molecule has 1 atom stereocenters. The van der Waals surface area contributed by atoms with Gasteiger partial charge in [0.15, 0.2) is 0 Å². The van der Waals surface area contributed by atoms with E-state index in [0.717, 1.165) is 16.7 Å². The minimum atomic E-state index is -0.580. The predicted molar refractivity (Wildman–Crippen MR) is 125 cm³/mol. The zero-order chi connectivity index (χ0) is 22.1. The topological polar surface area (TPSA) is 58.2 Å². The SMILES string of the molecule is CC(C)C(NC(=O)Cc1ccccc1)C(=O)NCC(c1ccccc1)c1ccccc1. The Hall–Kier alpha value is -3.40. The van der Waals surface area contributed by atoms with Crippen molar-refractivity contribution < 1.29 is 9.59 Å². The monoisotopic (exact) mass is 414 g/mol. The van der Waals surface area contributed by atoms with Gasteiger partial charge in [-0.2, -0.15) is 0 Å². The molecule has 0 fully saturated rings. The Morgan fingerprint density at radius 1 is 0.742 bits per heavy atom. The molecule has 3 rings (SSSR count). The fraction of sp³-hybridized carbons (Fsp3) is 0.259. The van der Waals surface area contributed by atoms with E-state index in [-0.39, 0.29) is 30.1 Å². The first-order valence-corrected chi connectivity index (χ1v) is 10.8. The lowest BCUT2D eigenvalue weighted by Gasteiger charge is -2.24. The van der Waals surface area contributed by atoms with E-state index in [4.69, 9.17) is 0 Å². The molecule has 0 spiro atoms. The summed E-state index contributed by atoms with van der Waals surface area (Å²) >= 11 is 0. The second-order valence-electron chi connectivity index (χ2n) is 8.07. The van der Waals surface area contributed by atoms with Crippen LogP contribution in [0.5, 0.6) is 0 Å². The maximum absolute atomic E-state index is 13.0. The Morgan fingerprint density at radius 2 is 1.23 bits per heavy atom. The van der Waals surface area contributed by atoms with Gasteiger partial charge in [0.1, 0.15) is 6.04 Å². The van der Waals surface area contributed by atoms with Crippen molar-refractivity contribution in [3.63, 3.8) is 0 Å². The maximum atomic E-state index is 13.0. The highest BCUT2D eigenvalue weighted by molar-refractivity contribution is 5.88. The molecule has 0 saturated heterocycles. The van der Waals surface area contributed by atoms with Crippen LogP contribution < -0.4 is 10.6 Å². The number of amides is 2. The lowest BCUT2D eigenvalue weighted by atomic mass is 9.91. The van der Waals surface area contributed by atoms with Crippen molar-refractivity contribution in [3.8, 4) is 0 Å². The first-order chi connectivity index (χ1) is 15.0. The molecular formula is C27H30N2O2. The molecule has 0 heterocycles.